The summed E-state index contributed by atoms with van der Waals surface area (Å²) in [6, 6.07) is 1.64. The third-order valence-corrected chi connectivity index (χ3v) is 10.2. The van der Waals surface area contributed by atoms with Gasteiger partial charge >= 0.3 is 8.80 Å². The van der Waals surface area contributed by atoms with Crippen molar-refractivity contribution in [3.63, 3.8) is 0 Å². The standard InChI is InChI=1S/C28H61NO3Si.ClH/c1-7-8-9-10-11-12-13-14-15-16-17-18-19-20-22-25-28(29(2)3)26-23-21-24-27-33(30-4,31-5)32-6;/h28H,7-27H2,1-6H3;1H. The van der Waals surface area contributed by atoms with Gasteiger partial charge in [-0.05, 0) is 33.4 Å². The molecule has 6 heteroatoms. The van der Waals surface area contributed by atoms with Crippen LogP contribution < -0.4 is 0 Å². The van der Waals surface area contributed by atoms with Crippen LogP contribution in [0, 0.1) is 0 Å². The second-order valence-electron chi connectivity index (χ2n) is 10.3. The molecule has 1 atom stereocenters. The Balaban J connectivity index is 0. The quantitative estimate of drug-likeness (QED) is 0.0835. The van der Waals surface area contributed by atoms with Crippen molar-refractivity contribution in [3.8, 4) is 0 Å². The van der Waals surface area contributed by atoms with Gasteiger partial charge in [-0.15, -0.1) is 12.4 Å². The molecule has 0 aromatic rings. The van der Waals surface area contributed by atoms with Gasteiger partial charge in [0.05, 0.1) is 0 Å². The van der Waals surface area contributed by atoms with Gasteiger partial charge in [0, 0.05) is 33.4 Å². The molecule has 0 radical (unpaired) electrons. The fourth-order valence-electron chi connectivity index (χ4n) is 4.87. The van der Waals surface area contributed by atoms with E-state index in [-0.39, 0.29) is 12.4 Å². The van der Waals surface area contributed by atoms with Crippen molar-refractivity contribution < 1.29 is 13.3 Å². The molecule has 208 valence electrons. The highest BCUT2D eigenvalue weighted by Gasteiger charge is 2.36. The van der Waals surface area contributed by atoms with E-state index in [0.717, 1.165) is 18.5 Å². The van der Waals surface area contributed by atoms with E-state index in [4.69, 9.17) is 13.3 Å². The number of halogens is 1. The first-order valence-electron chi connectivity index (χ1n) is 14.4. The van der Waals surface area contributed by atoms with Crippen LogP contribution in [0.4, 0.5) is 0 Å². The van der Waals surface area contributed by atoms with E-state index < -0.39 is 8.80 Å². The van der Waals surface area contributed by atoms with E-state index >= 15 is 0 Å². The van der Waals surface area contributed by atoms with Crippen molar-refractivity contribution in [2.24, 2.45) is 0 Å². The molecule has 34 heavy (non-hydrogen) atoms. The molecule has 0 aliphatic rings. The lowest BCUT2D eigenvalue weighted by Gasteiger charge is -2.25. The Bertz CT molecular complexity index is 390. The van der Waals surface area contributed by atoms with E-state index in [0.29, 0.717) is 0 Å². The van der Waals surface area contributed by atoms with Crippen LogP contribution in [0.1, 0.15) is 135 Å². The predicted molar refractivity (Wildman–Crippen MR) is 154 cm³/mol. The van der Waals surface area contributed by atoms with Gasteiger partial charge in [0.25, 0.3) is 0 Å². The van der Waals surface area contributed by atoms with E-state index in [1.165, 1.54) is 122 Å². The normalized spacial score (nSPS) is 12.8. The smallest absolute Gasteiger partial charge is 0.377 e. The number of unbranched alkanes of at least 4 members (excludes halogenated alkanes) is 16. The third kappa shape index (κ3) is 20.5. The van der Waals surface area contributed by atoms with Crippen LogP contribution in [0.5, 0.6) is 0 Å². The van der Waals surface area contributed by atoms with Crippen molar-refractivity contribution in [2.75, 3.05) is 35.4 Å². The van der Waals surface area contributed by atoms with Gasteiger partial charge in [0.1, 0.15) is 0 Å². The molecular formula is C28H62ClNO3Si. The average molecular weight is 524 g/mol. The SMILES string of the molecule is CCCCCCCCCCCCCCCCCC(CCCCC[Si](OC)(OC)OC)N(C)C.Cl. The minimum Gasteiger partial charge on any atom is -0.377 e. The molecule has 0 saturated heterocycles. The first kappa shape index (κ1) is 36.5. The van der Waals surface area contributed by atoms with Crippen LogP contribution in [-0.4, -0.2) is 55.2 Å². The zero-order valence-corrected chi connectivity index (χ0v) is 25.8. The first-order valence-corrected chi connectivity index (χ1v) is 16.3. The summed E-state index contributed by atoms with van der Waals surface area (Å²) in [4.78, 5) is 2.43. The van der Waals surface area contributed by atoms with Gasteiger partial charge in [0.15, 0.2) is 0 Å². The summed E-state index contributed by atoms with van der Waals surface area (Å²) in [6.07, 6.45) is 27.9. The van der Waals surface area contributed by atoms with Gasteiger partial charge in [-0.1, -0.05) is 116 Å². The molecule has 0 aliphatic heterocycles. The van der Waals surface area contributed by atoms with Crippen molar-refractivity contribution in [1.29, 1.82) is 0 Å². The van der Waals surface area contributed by atoms with Crippen molar-refractivity contribution in [1.82, 2.24) is 4.90 Å². The summed E-state index contributed by atoms with van der Waals surface area (Å²) >= 11 is 0. The second-order valence-corrected chi connectivity index (χ2v) is 13.3. The highest BCUT2D eigenvalue weighted by molar-refractivity contribution is 6.60. The van der Waals surface area contributed by atoms with Crippen LogP contribution in [0.3, 0.4) is 0 Å². The fourth-order valence-corrected chi connectivity index (χ4v) is 6.66. The zero-order valence-electron chi connectivity index (χ0n) is 24.0. The highest BCUT2D eigenvalue weighted by atomic mass is 35.5. The average Bonchev–Trinajstić information content (AvgIpc) is 2.82. The summed E-state index contributed by atoms with van der Waals surface area (Å²) in [7, 11) is 7.23. The lowest BCUT2D eigenvalue weighted by atomic mass is 10.00. The van der Waals surface area contributed by atoms with E-state index in [9.17, 15) is 0 Å². The second kappa shape index (κ2) is 26.4. The molecule has 0 fully saturated rings. The molecule has 0 aliphatic carbocycles. The Kier molecular flexibility index (Phi) is 28.4. The molecule has 0 spiro atoms. The lowest BCUT2D eigenvalue weighted by molar-refractivity contribution is 0.122. The molecule has 0 N–H and O–H groups in total. The minimum atomic E-state index is -2.38. The number of nitrogens with zero attached hydrogens (tertiary/aromatic N) is 1. The molecule has 0 saturated carbocycles. The zero-order chi connectivity index (χ0) is 24.6. The Labute approximate surface area is 222 Å². The largest absolute Gasteiger partial charge is 0.500 e. The van der Waals surface area contributed by atoms with Gasteiger partial charge in [-0.3, -0.25) is 0 Å². The van der Waals surface area contributed by atoms with Crippen molar-refractivity contribution in [2.45, 2.75) is 147 Å². The van der Waals surface area contributed by atoms with Gasteiger partial charge in [0.2, 0.25) is 0 Å². The fraction of sp³-hybridized carbons (Fsp3) is 1.00. The predicted octanol–water partition coefficient (Wildman–Crippen LogP) is 9.04. The number of rotatable bonds is 26. The lowest BCUT2D eigenvalue weighted by Crippen LogP contribution is -2.42. The number of hydrogen-bond donors (Lipinski definition) is 0. The molecule has 0 aromatic heterocycles. The van der Waals surface area contributed by atoms with E-state index in [2.05, 4.69) is 25.9 Å². The van der Waals surface area contributed by atoms with Gasteiger partial charge < -0.3 is 18.2 Å². The Hall–Kier alpha value is 0.347. The Morgan fingerprint density at radius 2 is 0.853 bits per heavy atom. The maximum Gasteiger partial charge on any atom is 0.500 e. The molecular weight excluding hydrogens is 462 g/mol. The van der Waals surface area contributed by atoms with Crippen LogP contribution in [0.2, 0.25) is 6.04 Å². The molecule has 0 amide bonds. The molecule has 0 heterocycles. The molecule has 0 aromatic carbocycles. The van der Waals surface area contributed by atoms with Crippen LogP contribution in [0.25, 0.3) is 0 Å². The summed E-state index contributed by atoms with van der Waals surface area (Å²) in [5.41, 5.74) is 0. The molecule has 0 rings (SSSR count). The molecule has 1 unspecified atom stereocenters. The first-order chi connectivity index (χ1) is 16.0. The maximum atomic E-state index is 5.53. The van der Waals surface area contributed by atoms with Gasteiger partial charge in [-0.2, -0.15) is 0 Å². The number of hydrogen-bond acceptors (Lipinski definition) is 4. The van der Waals surface area contributed by atoms with E-state index in [1.807, 2.05) is 0 Å². The van der Waals surface area contributed by atoms with Crippen LogP contribution in [0.15, 0.2) is 0 Å². The highest BCUT2D eigenvalue weighted by Crippen LogP contribution is 2.20. The Morgan fingerprint density at radius 3 is 1.18 bits per heavy atom. The molecule has 4 nitrogen and oxygen atoms in total. The Morgan fingerprint density at radius 1 is 0.529 bits per heavy atom. The summed E-state index contributed by atoms with van der Waals surface area (Å²) in [5.74, 6) is 0. The maximum absolute atomic E-state index is 5.53. The van der Waals surface area contributed by atoms with Crippen LogP contribution in [-0.2, 0) is 13.3 Å². The summed E-state index contributed by atoms with van der Waals surface area (Å²) < 4.78 is 16.6. The van der Waals surface area contributed by atoms with Crippen molar-refractivity contribution >= 4 is 21.2 Å². The summed E-state index contributed by atoms with van der Waals surface area (Å²) in [6.45, 7) is 2.30. The van der Waals surface area contributed by atoms with Crippen LogP contribution >= 0.6 is 12.4 Å². The molecule has 0 bridgehead atoms. The van der Waals surface area contributed by atoms with E-state index in [1.54, 1.807) is 21.3 Å². The monoisotopic (exact) mass is 523 g/mol. The van der Waals surface area contributed by atoms with Gasteiger partial charge in [-0.25, -0.2) is 0 Å². The minimum absolute atomic E-state index is 0. The summed E-state index contributed by atoms with van der Waals surface area (Å²) in [5, 5.41) is 0. The van der Waals surface area contributed by atoms with Crippen molar-refractivity contribution in [3.05, 3.63) is 0 Å². The third-order valence-electron chi connectivity index (χ3n) is 7.32. The topological polar surface area (TPSA) is 30.9 Å².